The van der Waals surface area contributed by atoms with Crippen molar-refractivity contribution in [2.75, 3.05) is 20.7 Å². The molecule has 0 spiro atoms. The highest BCUT2D eigenvalue weighted by Gasteiger charge is 2.32. The number of halogens is 2. The van der Waals surface area contributed by atoms with E-state index < -0.39 is 12.2 Å². The molecule has 0 amide bonds. The van der Waals surface area contributed by atoms with Crippen molar-refractivity contribution in [2.24, 2.45) is 0 Å². The lowest BCUT2D eigenvalue weighted by Crippen LogP contribution is -2.38. The Morgan fingerprint density at radius 3 is 2.59 bits per heavy atom. The van der Waals surface area contributed by atoms with Crippen molar-refractivity contribution in [1.29, 1.82) is 0 Å². The molecule has 1 aliphatic carbocycles. The second-order valence-electron chi connectivity index (χ2n) is 5.96. The first-order chi connectivity index (χ1) is 10.4. The van der Waals surface area contributed by atoms with E-state index in [2.05, 4.69) is 4.74 Å². The predicted molar refractivity (Wildman–Crippen MR) is 79.4 cm³/mol. The normalized spacial score (nSPS) is 17.2. The standard InChI is InChI=1S/C16H23F2NO3/c1-19(11-16(20)7-3-4-8-16)10-12-9-13(21-2)5-6-14(12)22-15(17)18/h5-6,9,15,20H,3-4,7-8,10-11H2,1-2H3. The molecule has 0 saturated heterocycles. The third-order valence-electron chi connectivity index (χ3n) is 4.02. The van der Waals surface area contributed by atoms with Gasteiger partial charge in [0.25, 0.3) is 0 Å². The van der Waals surface area contributed by atoms with Crippen LogP contribution < -0.4 is 9.47 Å². The fourth-order valence-corrected chi connectivity index (χ4v) is 3.06. The van der Waals surface area contributed by atoms with Gasteiger partial charge >= 0.3 is 6.61 Å². The topological polar surface area (TPSA) is 41.9 Å². The number of ether oxygens (including phenoxy) is 2. The lowest BCUT2D eigenvalue weighted by atomic mass is 10.0. The monoisotopic (exact) mass is 315 g/mol. The summed E-state index contributed by atoms with van der Waals surface area (Å²) in [4.78, 5) is 1.93. The van der Waals surface area contributed by atoms with Crippen LogP contribution in [0.5, 0.6) is 11.5 Å². The first-order valence-electron chi connectivity index (χ1n) is 7.44. The van der Waals surface area contributed by atoms with Gasteiger partial charge in [-0.15, -0.1) is 0 Å². The molecule has 0 aliphatic heterocycles. The summed E-state index contributed by atoms with van der Waals surface area (Å²) in [5.74, 6) is 0.727. The van der Waals surface area contributed by atoms with Gasteiger partial charge in [0.1, 0.15) is 11.5 Å². The summed E-state index contributed by atoms with van der Waals surface area (Å²) in [7, 11) is 3.39. The van der Waals surface area contributed by atoms with Crippen LogP contribution in [-0.2, 0) is 6.54 Å². The fourth-order valence-electron chi connectivity index (χ4n) is 3.06. The summed E-state index contributed by atoms with van der Waals surface area (Å²) >= 11 is 0. The number of benzene rings is 1. The summed E-state index contributed by atoms with van der Waals surface area (Å²) in [5.41, 5.74) is -0.0547. The molecule has 1 saturated carbocycles. The minimum Gasteiger partial charge on any atom is -0.497 e. The van der Waals surface area contributed by atoms with Crippen LogP contribution >= 0.6 is 0 Å². The van der Waals surface area contributed by atoms with Crippen LogP contribution in [0.25, 0.3) is 0 Å². The first-order valence-corrected chi connectivity index (χ1v) is 7.44. The molecule has 22 heavy (non-hydrogen) atoms. The molecule has 0 atom stereocenters. The molecule has 124 valence electrons. The van der Waals surface area contributed by atoms with Gasteiger partial charge < -0.3 is 14.6 Å². The minimum atomic E-state index is -2.86. The Labute approximate surface area is 129 Å². The van der Waals surface area contributed by atoms with E-state index >= 15 is 0 Å². The maximum atomic E-state index is 12.5. The molecule has 1 fully saturated rings. The molecular formula is C16H23F2NO3. The van der Waals surface area contributed by atoms with Crippen molar-refractivity contribution >= 4 is 0 Å². The van der Waals surface area contributed by atoms with Crippen molar-refractivity contribution in [3.05, 3.63) is 23.8 Å². The zero-order valence-corrected chi connectivity index (χ0v) is 13.0. The average Bonchev–Trinajstić information content (AvgIpc) is 2.86. The van der Waals surface area contributed by atoms with Gasteiger partial charge in [-0.2, -0.15) is 8.78 Å². The Bertz CT molecular complexity index is 490. The van der Waals surface area contributed by atoms with Crippen molar-refractivity contribution in [1.82, 2.24) is 4.90 Å². The molecule has 1 aromatic carbocycles. The van der Waals surface area contributed by atoms with E-state index in [9.17, 15) is 13.9 Å². The Morgan fingerprint density at radius 2 is 2.00 bits per heavy atom. The van der Waals surface area contributed by atoms with Crippen LogP contribution in [0.15, 0.2) is 18.2 Å². The number of alkyl halides is 2. The van der Waals surface area contributed by atoms with Crippen LogP contribution in [0.4, 0.5) is 8.78 Å². The maximum absolute atomic E-state index is 12.5. The lowest BCUT2D eigenvalue weighted by Gasteiger charge is -2.29. The summed E-state index contributed by atoms with van der Waals surface area (Å²) in [6.45, 7) is -1.95. The lowest BCUT2D eigenvalue weighted by molar-refractivity contribution is -0.0511. The summed E-state index contributed by atoms with van der Waals surface area (Å²) < 4.78 is 34.7. The van der Waals surface area contributed by atoms with Gasteiger partial charge in [0.15, 0.2) is 0 Å². The highest BCUT2D eigenvalue weighted by atomic mass is 19.3. The van der Waals surface area contributed by atoms with Gasteiger partial charge in [0.05, 0.1) is 12.7 Å². The smallest absolute Gasteiger partial charge is 0.387 e. The minimum absolute atomic E-state index is 0.140. The maximum Gasteiger partial charge on any atom is 0.387 e. The Balaban J connectivity index is 2.08. The number of methoxy groups -OCH3 is 1. The van der Waals surface area contributed by atoms with E-state index in [1.807, 2.05) is 11.9 Å². The molecule has 0 bridgehead atoms. The molecule has 6 heteroatoms. The van der Waals surface area contributed by atoms with Crippen LogP contribution in [0.3, 0.4) is 0 Å². The average molecular weight is 315 g/mol. The SMILES string of the molecule is COc1ccc(OC(F)F)c(CN(C)CC2(O)CCCC2)c1. The molecule has 1 N–H and O–H groups in total. The van der Waals surface area contributed by atoms with Gasteiger partial charge in [-0.05, 0) is 38.1 Å². The van der Waals surface area contributed by atoms with Gasteiger partial charge in [-0.1, -0.05) is 12.8 Å². The molecule has 1 aromatic rings. The first kappa shape index (κ1) is 17.0. The van der Waals surface area contributed by atoms with Crippen molar-refractivity contribution in [3.63, 3.8) is 0 Å². The fraction of sp³-hybridized carbons (Fsp3) is 0.625. The highest BCUT2D eigenvalue weighted by molar-refractivity contribution is 5.40. The number of nitrogens with zero attached hydrogens (tertiary/aromatic N) is 1. The zero-order valence-electron chi connectivity index (χ0n) is 13.0. The second-order valence-corrected chi connectivity index (χ2v) is 5.96. The quantitative estimate of drug-likeness (QED) is 0.840. The van der Waals surface area contributed by atoms with Gasteiger partial charge in [-0.25, -0.2) is 0 Å². The van der Waals surface area contributed by atoms with Gasteiger partial charge in [-0.3, -0.25) is 4.90 Å². The van der Waals surface area contributed by atoms with Crippen LogP contribution in [0.2, 0.25) is 0 Å². The van der Waals surface area contributed by atoms with Crippen molar-refractivity contribution in [3.8, 4) is 11.5 Å². The van der Waals surface area contributed by atoms with Crippen LogP contribution in [0.1, 0.15) is 31.2 Å². The summed E-state index contributed by atoms with van der Waals surface area (Å²) in [6.07, 6.45) is 3.64. The predicted octanol–water partition coefficient (Wildman–Crippen LogP) is 3.03. The Hall–Kier alpha value is -1.40. The van der Waals surface area contributed by atoms with Gasteiger partial charge in [0.2, 0.25) is 0 Å². The van der Waals surface area contributed by atoms with Crippen LogP contribution in [0, 0.1) is 0 Å². The number of likely N-dealkylation sites (N-methyl/N-ethyl adjacent to an activating group) is 1. The van der Waals surface area contributed by atoms with Gasteiger partial charge in [0, 0.05) is 18.7 Å². The highest BCUT2D eigenvalue weighted by Crippen LogP contribution is 2.31. The van der Waals surface area contributed by atoms with E-state index in [1.165, 1.54) is 13.2 Å². The molecule has 2 rings (SSSR count). The van der Waals surface area contributed by atoms with Crippen molar-refractivity contribution < 1.29 is 23.4 Å². The van der Waals surface area contributed by atoms with E-state index in [0.717, 1.165) is 25.7 Å². The van der Waals surface area contributed by atoms with E-state index in [-0.39, 0.29) is 5.75 Å². The molecule has 4 nitrogen and oxygen atoms in total. The number of rotatable bonds is 7. The number of hydrogen-bond donors (Lipinski definition) is 1. The molecule has 0 radical (unpaired) electrons. The van der Waals surface area contributed by atoms with E-state index in [4.69, 9.17) is 4.74 Å². The Morgan fingerprint density at radius 1 is 1.32 bits per heavy atom. The summed E-state index contributed by atoms with van der Waals surface area (Å²) in [6, 6.07) is 4.76. The molecule has 0 heterocycles. The molecule has 0 aromatic heterocycles. The third kappa shape index (κ3) is 4.55. The molecule has 0 unspecified atom stereocenters. The number of aliphatic hydroxyl groups is 1. The van der Waals surface area contributed by atoms with Crippen LogP contribution in [-0.4, -0.2) is 42.9 Å². The molecular weight excluding hydrogens is 292 g/mol. The second kappa shape index (κ2) is 7.24. The van der Waals surface area contributed by atoms with Crippen molar-refractivity contribution in [2.45, 2.75) is 44.4 Å². The molecule has 1 aliphatic rings. The van der Waals surface area contributed by atoms with E-state index in [0.29, 0.717) is 24.4 Å². The Kier molecular flexibility index (Phi) is 5.58. The largest absolute Gasteiger partial charge is 0.497 e. The zero-order chi connectivity index (χ0) is 16.2. The third-order valence-corrected chi connectivity index (χ3v) is 4.02. The summed E-state index contributed by atoms with van der Waals surface area (Å²) in [5, 5.41) is 10.4. The van der Waals surface area contributed by atoms with E-state index in [1.54, 1.807) is 12.1 Å². The number of hydrogen-bond acceptors (Lipinski definition) is 4.